The molecule has 0 saturated heterocycles. The molecule has 0 saturated carbocycles. The van der Waals surface area contributed by atoms with Gasteiger partial charge in [-0.05, 0) is 18.2 Å². The van der Waals surface area contributed by atoms with E-state index in [2.05, 4.69) is 3.77 Å². The van der Waals surface area contributed by atoms with Crippen molar-refractivity contribution in [3.63, 3.8) is 0 Å². The first kappa shape index (κ1) is 14.1. The van der Waals surface area contributed by atoms with Crippen LogP contribution in [-0.4, -0.2) is 18.9 Å². The first-order valence-corrected chi connectivity index (χ1v) is 8.69. The maximum absolute atomic E-state index is 12.0. The van der Waals surface area contributed by atoms with Crippen LogP contribution < -0.4 is 0 Å². The minimum atomic E-state index is -4.23. The van der Waals surface area contributed by atoms with Crippen molar-refractivity contribution in [1.29, 1.82) is 0 Å². The number of hydrogen-bond acceptors (Lipinski definition) is 3. The molecule has 1 atom stereocenters. The summed E-state index contributed by atoms with van der Waals surface area (Å²) in [5.41, 5.74) is 0. The molecule has 0 aliphatic rings. The monoisotopic (exact) mass is 321 g/mol. The van der Waals surface area contributed by atoms with Crippen molar-refractivity contribution in [3.05, 3.63) is 28.2 Å². The smallest absolute Gasteiger partial charge is 0.244 e. The van der Waals surface area contributed by atoms with Crippen molar-refractivity contribution in [2.75, 3.05) is 6.26 Å². The van der Waals surface area contributed by atoms with Gasteiger partial charge in [0.1, 0.15) is 0 Å². The third kappa shape index (κ3) is 3.78. The van der Waals surface area contributed by atoms with E-state index in [-0.39, 0.29) is 9.92 Å². The number of halogens is 3. The van der Waals surface area contributed by atoms with E-state index in [0.717, 1.165) is 6.26 Å². The zero-order chi connectivity index (χ0) is 12.6. The number of benzene rings is 1. The van der Waals surface area contributed by atoms with Crippen molar-refractivity contribution in [2.24, 2.45) is 3.77 Å². The Kier molecular flexibility index (Phi) is 4.13. The molecular formula is C7H6Cl3NO3S2. The molecule has 4 nitrogen and oxygen atoms in total. The second-order valence-electron chi connectivity index (χ2n) is 2.86. The minimum absolute atomic E-state index is 0.0720. The molecule has 90 valence electrons. The maximum atomic E-state index is 12.0. The van der Waals surface area contributed by atoms with Gasteiger partial charge in [0.15, 0.2) is 0 Å². The van der Waals surface area contributed by atoms with E-state index >= 15 is 0 Å². The quantitative estimate of drug-likeness (QED) is 0.786. The van der Waals surface area contributed by atoms with Crippen molar-refractivity contribution < 1.29 is 12.6 Å². The molecule has 0 heterocycles. The first-order chi connectivity index (χ1) is 7.12. The molecule has 9 heteroatoms. The summed E-state index contributed by atoms with van der Waals surface area (Å²) in [6.07, 6.45) is 1.13. The van der Waals surface area contributed by atoms with E-state index in [9.17, 15) is 12.6 Å². The zero-order valence-electron chi connectivity index (χ0n) is 7.85. The fourth-order valence-electron chi connectivity index (χ4n) is 0.992. The Balaban J connectivity index is 3.51. The van der Waals surface area contributed by atoms with Crippen LogP contribution in [0.4, 0.5) is 0 Å². The van der Waals surface area contributed by atoms with Crippen molar-refractivity contribution in [3.8, 4) is 0 Å². The standard InChI is InChI=1S/C7H6Cl3NO3S2/c1-15(12,11-16(10,13)14)7-3-2-5(8)4-6(7)9/h2-4H,1H3. The molecule has 0 fully saturated rings. The SMILES string of the molecule is CS(=O)(=NS(=O)(=O)Cl)c1ccc(Cl)cc1Cl. The van der Waals surface area contributed by atoms with Crippen LogP contribution in [0, 0.1) is 0 Å². The molecule has 0 N–H and O–H groups in total. The predicted molar refractivity (Wildman–Crippen MR) is 66.0 cm³/mol. The summed E-state index contributed by atoms with van der Waals surface area (Å²) in [7, 11) is -2.52. The topological polar surface area (TPSA) is 63.6 Å². The number of hydrogen-bond donors (Lipinski definition) is 0. The zero-order valence-corrected chi connectivity index (χ0v) is 11.8. The van der Waals surface area contributed by atoms with Gasteiger partial charge >= 0.3 is 9.24 Å². The van der Waals surface area contributed by atoms with Crippen molar-refractivity contribution in [2.45, 2.75) is 4.90 Å². The minimum Gasteiger partial charge on any atom is -0.244 e. The fourth-order valence-corrected chi connectivity index (χ4v) is 5.22. The Morgan fingerprint density at radius 1 is 1.19 bits per heavy atom. The van der Waals surface area contributed by atoms with E-state index < -0.39 is 19.0 Å². The molecule has 0 aliphatic carbocycles. The lowest BCUT2D eigenvalue weighted by atomic mass is 10.4. The Bertz CT molecular complexity index is 632. The summed E-state index contributed by atoms with van der Waals surface area (Å²) in [6, 6.07) is 4.12. The molecule has 0 bridgehead atoms. The van der Waals surface area contributed by atoms with Gasteiger partial charge in [-0.15, -0.1) is 0 Å². The largest absolute Gasteiger partial charge is 0.347 e. The second-order valence-corrected chi connectivity index (χ2v) is 8.34. The highest BCUT2D eigenvalue weighted by Crippen LogP contribution is 2.26. The Labute approximate surface area is 108 Å². The molecule has 0 spiro atoms. The molecule has 0 radical (unpaired) electrons. The highest BCUT2D eigenvalue weighted by atomic mass is 35.7. The summed E-state index contributed by atoms with van der Waals surface area (Å²) in [5.74, 6) is 0. The average Bonchev–Trinajstić information content (AvgIpc) is 1.97. The highest BCUT2D eigenvalue weighted by Gasteiger charge is 2.15. The normalized spacial score (nSPS) is 15.5. The third-order valence-corrected chi connectivity index (χ3v) is 5.72. The van der Waals surface area contributed by atoms with Gasteiger partial charge in [-0.3, -0.25) is 0 Å². The lowest BCUT2D eigenvalue weighted by Crippen LogP contribution is -2.01. The molecule has 0 aliphatic heterocycles. The van der Waals surface area contributed by atoms with Crippen LogP contribution in [-0.2, 0) is 19.0 Å². The van der Waals surface area contributed by atoms with Crippen LogP contribution in [0.1, 0.15) is 0 Å². The Morgan fingerprint density at radius 3 is 2.19 bits per heavy atom. The van der Waals surface area contributed by atoms with E-state index in [1.807, 2.05) is 0 Å². The van der Waals surface area contributed by atoms with E-state index in [4.69, 9.17) is 33.9 Å². The lowest BCUT2D eigenvalue weighted by Gasteiger charge is -2.05. The summed E-state index contributed by atoms with van der Waals surface area (Å²) >= 11 is 11.4. The molecule has 1 aromatic carbocycles. The van der Waals surface area contributed by atoms with E-state index in [1.165, 1.54) is 18.2 Å². The number of nitrogens with zero attached hydrogens (tertiary/aromatic N) is 1. The maximum Gasteiger partial charge on any atom is 0.347 e. The molecular weight excluding hydrogens is 317 g/mol. The molecule has 0 aromatic heterocycles. The van der Waals surface area contributed by atoms with Crippen molar-refractivity contribution in [1.82, 2.24) is 0 Å². The van der Waals surface area contributed by atoms with Crippen LogP contribution in [0.2, 0.25) is 10.0 Å². The molecule has 1 unspecified atom stereocenters. The predicted octanol–water partition coefficient (Wildman–Crippen LogP) is 2.93. The molecule has 0 amide bonds. The van der Waals surface area contributed by atoms with Gasteiger partial charge in [0.25, 0.3) is 0 Å². The Morgan fingerprint density at radius 2 is 1.75 bits per heavy atom. The van der Waals surface area contributed by atoms with Crippen LogP contribution >= 0.6 is 33.9 Å². The second kappa shape index (κ2) is 4.70. The molecule has 1 rings (SSSR count). The first-order valence-electron chi connectivity index (χ1n) is 3.75. The number of rotatable bonds is 2. The van der Waals surface area contributed by atoms with Gasteiger partial charge in [0.2, 0.25) is 0 Å². The molecule has 1 aromatic rings. The van der Waals surface area contributed by atoms with Gasteiger partial charge in [-0.25, -0.2) is 4.21 Å². The van der Waals surface area contributed by atoms with Gasteiger partial charge < -0.3 is 0 Å². The fraction of sp³-hybridized carbons (Fsp3) is 0.143. The van der Waals surface area contributed by atoms with Gasteiger partial charge in [0.05, 0.1) is 19.6 Å². The summed E-state index contributed by atoms with van der Waals surface area (Å²) in [6.45, 7) is 0. The lowest BCUT2D eigenvalue weighted by molar-refractivity contribution is 0.611. The van der Waals surface area contributed by atoms with Gasteiger partial charge in [-0.2, -0.15) is 8.42 Å². The van der Waals surface area contributed by atoms with E-state index in [1.54, 1.807) is 0 Å². The average molecular weight is 323 g/mol. The van der Waals surface area contributed by atoms with Crippen molar-refractivity contribution >= 4 is 52.9 Å². The van der Waals surface area contributed by atoms with Crippen LogP contribution in [0.3, 0.4) is 0 Å². The Hall–Kier alpha value is -0.0100. The van der Waals surface area contributed by atoms with Crippen LogP contribution in [0.15, 0.2) is 26.9 Å². The summed E-state index contributed by atoms with van der Waals surface area (Å²) < 4.78 is 36.5. The highest BCUT2D eigenvalue weighted by molar-refractivity contribution is 8.17. The third-order valence-electron chi connectivity index (χ3n) is 1.53. The van der Waals surface area contributed by atoms with Gasteiger partial charge in [-0.1, -0.05) is 27.0 Å². The molecule has 16 heavy (non-hydrogen) atoms. The summed E-state index contributed by atoms with van der Waals surface area (Å²) in [5, 5.41) is 0.418. The van der Waals surface area contributed by atoms with E-state index in [0.29, 0.717) is 5.02 Å². The summed E-state index contributed by atoms with van der Waals surface area (Å²) in [4.78, 5) is 0.0720. The van der Waals surface area contributed by atoms with Gasteiger partial charge in [0, 0.05) is 22.0 Å². The van der Waals surface area contributed by atoms with Crippen LogP contribution in [0.5, 0.6) is 0 Å². The van der Waals surface area contributed by atoms with Crippen LogP contribution in [0.25, 0.3) is 0 Å².